The minimum absolute atomic E-state index is 0.00741. The van der Waals surface area contributed by atoms with E-state index in [0.29, 0.717) is 32.7 Å². The number of hydrogen-bond donors (Lipinski definition) is 1. The lowest BCUT2D eigenvalue weighted by molar-refractivity contribution is -0.179. The number of methoxy groups -OCH3 is 1. The third-order valence-electron chi connectivity index (χ3n) is 4.45. The summed E-state index contributed by atoms with van der Waals surface area (Å²) in [6, 6.07) is 0. The summed E-state index contributed by atoms with van der Waals surface area (Å²) in [6.45, 7) is 10.4. The molecule has 1 fully saturated rings. The van der Waals surface area contributed by atoms with Crippen molar-refractivity contribution in [1.82, 2.24) is 4.90 Å². The Balaban J connectivity index is 2.75. The first-order valence-corrected chi connectivity index (χ1v) is 7.03. The zero-order valence-corrected chi connectivity index (χ0v) is 12.9. The standard InChI is InChI=1S/C14H28N2O3/c1-6-16(8-9-18-5)12(17)14(15)10-11(19-7-2)13(14,3)4/h11H,6-10,15H2,1-5H3. The van der Waals surface area contributed by atoms with Gasteiger partial charge in [-0.05, 0) is 13.8 Å². The van der Waals surface area contributed by atoms with Gasteiger partial charge in [-0.2, -0.15) is 0 Å². The molecule has 0 aromatic carbocycles. The number of likely N-dealkylation sites (N-methyl/N-ethyl adjacent to an activating group) is 1. The van der Waals surface area contributed by atoms with Crippen LogP contribution in [0.5, 0.6) is 0 Å². The minimum atomic E-state index is -0.823. The predicted molar refractivity (Wildman–Crippen MR) is 74.9 cm³/mol. The van der Waals surface area contributed by atoms with Crippen LogP contribution in [0.3, 0.4) is 0 Å². The average Bonchev–Trinajstić information content (AvgIpc) is 2.38. The highest BCUT2D eigenvalue weighted by molar-refractivity contribution is 5.88. The van der Waals surface area contributed by atoms with Crippen LogP contribution in [0.4, 0.5) is 0 Å². The first kappa shape index (κ1) is 16.4. The second-order valence-corrected chi connectivity index (χ2v) is 5.72. The zero-order valence-electron chi connectivity index (χ0n) is 12.9. The van der Waals surface area contributed by atoms with Gasteiger partial charge in [0.25, 0.3) is 0 Å². The smallest absolute Gasteiger partial charge is 0.243 e. The highest BCUT2D eigenvalue weighted by Crippen LogP contribution is 2.50. The van der Waals surface area contributed by atoms with E-state index in [4.69, 9.17) is 15.2 Å². The minimum Gasteiger partial charge on any atom is -0.383 e. The Kier molecular flexibility index (Phi) is 5.35. The van der Waals surface area contributed by atoms with Crippen molar-refractivity contribution in [3.8, 4) is 0 Å². The van der Waals surface area contributed by atoms with Crippen molar-refractivity contribution in [3.05, 3.63) is 0 Å². The monoisotopic (exact) mass is 272 g/mol. The maximum Gasteiger partial charge on any atom is 0.243 e. The summed E-state index contributed by atoms with van der Waals surface area (Å²) in [7, 11) is 1.63. The Morgan fingerprint density at radius 2 is 2.05 bits per heavy atom. The second kappa shape index (κ2) is 6.20. The molecule has 19 heavy (non-hydrogen) atoms. The Hall–Kier alpha value is -0.650. The van der Waals surface area contributed by atoms with Crippen LogP contribution in [0.1, 0.15) is 34.1 Å². The highest BCUT2D eigenvalue weighted by atomic mass is 16.5. The van der Waals surface area contributed by atoms with E-state index in [0.717, 1.165) is 0 Å². The van der Waals surface area contributed by atoms with Crippen molar-refractivity contribution in [3.63, 3.8) is 0 Å². The first-order valence-electron chi connectivity index (χ1n) is 7.03. The van der Waals surface area contributed by atoms with Crippen LogP contribution >= 0.6 is 0 Å². The van der Waals surface area contributed by atoms with Crippen LogP contribution in [0, 0.1) is 5.41 Å². The summed E-state index contributed by atoms with van der Waals surface area (Å²) >= 11 is 0. The molecule has 1 aliphatic rings. The van der Waals surface area contributed by atoms with Crippen molar-refractivity contribution in [2.75, 3.05) is 33.4 Å². The fourth-order valence-electron chi connectivity index (χ4n) is 2.69. The molecule has 0 bridgehead atoms. The topological polar surface area (TPSA) is 64.8 Å². The molecule has 2 N–H and O–H groups in total. The largest absolute Gasteiger partial charge is 0.383 e. The molecule has 5 heteroatoms. The number of ether oxygens (including phenoxy) is 2. The number of carbonyl (C=O) groups is 1. The van der Waals surface area contributed by atoms with Gasteiger partial charge in [-0.15, -0.1) is 0 Å². The van der Waals surface area contributed by atoms with E-state index in [9.17, 15) is 4.79 Å². The van der Waals surface area contributed by atoms with Crippen molar-refractivity contribution in [2.24, 2.45) is 11.1 Å². The van der Waals surface area contributed by atoms with Gasteiger partial charge in [-0.3, -0.25) is 4.79 Å². The van der Waals surface area contributed by atoms with E-state index in [-0.39, 0.29) is 17.4 Å². The molecule has 1 saturated carbocycles. The molecule has 2 unspecified atom stereocenters. The van der Waals surface area contributed by atoms with Gasteiger partial charge in [-0.1, -0.05) is 13.8 Å². The van der Waals surface area contributed by atoms with Gasteiger partial charge in [-0.25, -0.2) is 0 Å². The quantitative estimate of drug-likeness (QED) is 0.751. The van der Waals surface area contributed by atoms with Gasteiger partial charge in [0.05, 0.1) is 12.7 Å². The maximum atomic E-state index is 12.6. The Labute approximate surface area is 116 Å². The normalized spacial score (nSPS) is 28.8. The van der Waals surface area contributed by atoms with E-state index in [2.05, 4.69) is 0 Å². The second-order valence-electron chi connectivity index (χ2n) is 5.72. The van der Waals surface area contributed by atoms with Crippen LogP contribution in [-0.4, -0.2) is 55.9 Å². The lowest BCUT2D eigenvalue weighted by atomic mass is 9.54. The molecule has 0 aromatic rings. The Bertz CT molecular complexity index is 320. The van der Waals surface area contributed by atoms with E-state index >= 15 is 0 Å². The van der Waals surface area contributed by atoms with Gasteiger partial charge in [0.2, 0.25) is 5.91 Å². The van der Waals surface area contributed by atoms with Crippen LogP contribution in [0.2, 0.25) is 0 Å². The number of amides is 1. The van der Waals surface area contributed by atoms with Gasteiger partial charge in [0, 0.05) is 38.6 Å². The molecule has 1 rings (SSSR count). The molecule has 1 aliphatic carbocycles. The van der Waals surface area contributed by atoms with Crippen LogP contribution in [0.25, 0.3) is 0 Å². The molecular weight excluding hydrogens is 244 g/mol. The molecule has 112 valence electrons. The van der Waals surface area contributed by atoms with E-state index in [1.165, 1.54) is 0 Å². The average molecular weight is 272 g/mol. The SMILES string of the molecule is CCOC1CC(N)(C(=O)N(CC)CCOC)C1(C)C. The lowest BCUT2D eigenvalue weighted by Crippen LogP contribution is -2.76. The molecule has 5 nitrogen and oxygen atoms in total. The predicted octanol–water partition coefficient (Wildman–Crippen LogP) is 1.01. The van der Waals surface area contributed by atoms with Crippen molar-refractivity contribution < 1.29 is 14.3 Å². The van der Waals surface area contributed by atoms with Crippen LogP contribution < -0.4 is 5.73 Å². The summed E-state index contributed by atoms with van der Waals surface area (Å²) in [5.41, 5.74) is 5.23. The number of hydrogen-bond acceptors (Lipinski definition) is 4. The van der Waals surface area contributed by atoms with Crippen LogP contribution in [-0.2, 0) is 14.3 Å². The Morgan fingerprint density at radius 1 is 1.42 bits per heavy atom. The van der Waals surface area contributed by atoms with Crippen molar-refractivity contribution >= 4 is 5.91 Å². The number of nitrogens with zero attached hydrogens (tertiary/aromatic N) is 1. The van der Waals surface area contributed by atoms with E-state index in [1.54, 1.807) is 12.0 Å². The van der Waals surface area contributed by atoms with Crippen molar-refractivity contribution in [1.29, 1.82) is 0 Å². The maximum absolute atomic E-state index is 12.6. The summed E-state index contributed by atoms with van der Waals surface area (Å²) in [4.78, 5) is 14.4. The third-order valence-corrected chi connectivity index (χ3v) is 4.45. The molecule has 0 saturated heterocycles. The van der Waals surface area contributed by atoms with Gasteiger partial charge >= 0.3 is 0 Å². The van der Waals surface area contributed by atoms with Crippen LogP contribution in [0.15, 0.2) is 0 Å². The molecule has 0 spiro atoms. The molecule has 0 aliphatic heterocycles. The summed E-state index contributed by atoms with van der Waals surface area (Å²) in [6.07, 6.45) is 0.656. The molecular formula is C14H28N2O3. The third kappa shape index (κ3) is 2.78. The molecule has 0 heterocycles. The van der Waals surface area contributed by atoms with Gasteiger partial charge in [0.1, 0.15) is 5.54 Å². The zero-order chi connectivity index (χ0) is 14.7. The molecule has 1 amide bonds. The molecule has 2 atom stereocenters. The first-order chi connectivity index (χ1) is 8.85. The summed E-state index contributed by atoms with van der Waals surface area (Å²) < 4.78 is 10.7. The molecule has 0 radical (unpaired) electrons. The highest BCUT2D eigenvalue weighted by Gasteiger charge is 2.63. The van der Waals surface area contributed by atoms with Gasteiger partial charge in [0.15, 0.2) is 0 Å². The van der Waals surface area contributed by atoms with Crippen molar-refractivity contribution in [2.45, 2.75) is 45.8 Å². The Morgan fingerprint density at radius 3 is 2.47 bits per heavy atom. The number of rotatable bonds is 7. The van der Waals surface area contributed by atoms with E-state index in [1.807, 2.05) is 27.7 Å². The fourth-order valence-corrected chi connectivity index (χ4v) is 2.69. The summed E-state index contributed by atoms with van der Waals surface area (Å²) in [5.74, 6) is 0.00741. The van der Waals surface area contributed by atoms with E-state index < -0.39 is 5.54 Å². The number of carbonyl (C=O) groups excluding carboxylic acids is 1. The molecule has 0 aromatic heterocycles. The summed E-state index contributed by atoms with van der Waals surface area (Å²) in [5, 5.41) is 0. The number of nitrogens with two attached hydrogens (primary N) is 1. The van der Waals surface area contributed by atoms with Gasteiger partial charge < -0.3 is 20.1 Å². The lowest BCUT2D eigenvalue weighted by Gasteiger charge is -2.58. The fraction of sp³-hybridized carbons (Fsp3) is 0.929.